The highest BCUT2D eigenvalue weighted by Crippen LogP contribution is 2.27. The highest BCUT2D eigenvalue weighted by Gasteiger charge is 2.17. The third-order valence-electron chi connectivity index (χ3n) is 2.83. The molecule has 2 N–H and O–H groups in total. The Morgan fingerprint density at radius 2 is 2.40 bits per heavy atom. The first-order chi connectivity index (χ1) is 7.08. The second-order valence-electron chi connectivity index (χ2n) is 4.64. The molecule has 15 heavy (non-hydrogen) atoms. The summed E-state index contributed by atoms with van der Waals surface area (Å²) < 4.78 is 0. The lowest BCUT2D eigenvalue weighted by atomic mass is 9.84. The van der Waals surface area contributed by atoms with Gasteiger partial charge in [-0.05, 0) is 38.1 Å². The predicted molar refractivity (Wildman–Crippen MR) is 60.8 cm³/mol. The highest BCUT2D eigenvalue weighted by molar-refractivity contribution is 5.66. The van der Waals surface area contributed by atoms with Gasteiger partial charge in [0.2, 0.25) is 0 Å². The molecule has 0 spiro atoms. The zero-order valence-corrected chi connectivity index (χ0v) is 9.62. The van der Waals surface area contributed by atoms with E-state index in [4.69, 9.17) is 5.11 Å². The van der Waals surface area contributed by atoms with Gasteiger partial charge in [-0.3, -0.25) is 4.79 Å². The number of carboxylic acids is 1. The van der Waals surface area contributed by atoms with Crippen LogP contribution in [0.5, 0.6) is 0 Å². The maximum Gasteiger partial charge on any atom is 0.304 e. The van der Waals surface area contributed by atoms with Crippen LogP contribution in [0.25, 0.3) is 0 Å². The van der Waals surface area contributed by atoms with Gasteiger partial charge < -0.3 is 10.4 Å². The molecule has 0 fully saturated rings. The van der Waals surface area contributed by atoms with Crippen LogP contribution in [0.3, 0.4) is 0 Å². The van der Waals surface area contributed by atoms with Crippen LogP contribution in [-0.2, 0) is 4.79 Å². The summed E-state index contributed by atoms with van der Waals surface area (Å²) in [6.45, 7) is 5.96. The smallest absolute Gasteiger partial charge is 0.304 e. The molecule has 0 aliphatic heterocycles. The lowest BCUT2D eigenvalue weighted by Gasteiger charge is -2.25. The monoisotopic (exact) mass is 211 g/mol. The van der Waals surface area contributed by atoms with Gasteiger partial charge in [0.25, 0.3) is 0 Å². The van der Waals surface area contributed by atoms with Crippen LogP contribution in [0.2, 0.25) is 0 Å². The average Bonchev–Trinajstić information content (AvgIpc) is 2.10. The topological polar surface area (TPSA) is 49.3 Å². The van der Waals surface area contributed by atoms with Crippen LogP contribution in [0.4, 0.5) is 0 Å². The van der Waals surface area contributed by atoms with E-state index < -0.39 is 5.97 Å². The lowest BCUT2D eigenvalue weighted by Crippen LogP contribution is -2.27. The zero-order valence-electron chi connectivity index (χ0n) is 9.62. The minimum atomic E-state index is -0.726. The van der Waals surface area contributed by atoms with Gasteiger partial charge in [0.15, 0.2) is 0 Å². The fraction of sp³-hybridized carbons (Fsp3) is 0.750. The van der Waals surface area contributed by atoms with Crippen molar-refractivity contribution in [2.75, 3.05) is 13.1 Å². The van der Waals surface area contributed by atoms with Gasteiger partial charge in [-0.1, -0.05) is 18.6 Å². The van der Waals surface area contributed by atoms with Crippen molar-refractivity contribution in [3.05, 3.63) is 11.6 Å². The van der Waals surface area contributed by atoms with Crippen LogP contribution in [0.15, 0.2) is 11.6 Å². The predicted octanol–water partition coefficient (Wildman–Crippen LogP) is 2.04. The van der Waals surface area contributed by atoms with E-state index in [0.717, 1.165) is 13.0 Å². The molecule has 1 rings (SSSR count). The van der Waals surface area contributed by atoms with E-state index in [1.54, 1.807) is 0 Å². The molecule has 2 unspecified atom stereocenters. The van der Waals surface area contributed by atoms with Crippen molar-refractivity contribution in [1.29, 1.82) is 0 Å². The number of allylic oxidation sites excluding steroid dienone is 2. The average molecular weight is 211 g/mol. The van der Waals surface area contributed by atoms with Gasteiger partial charge in [0.1, 0.15) is 0 Å². The summed E-state index contributed by atoms with van der Waals surface area (Å²) in [7, 11) is 0. The number of rotatable bonds is 5. The Hall–Kier alpha value is -0.830. The molecule has 3 heteroatoms. The number of nitrogens with one attached hydrogen (secondary N) is 1. The molecule has 1 aliphatic rings. The molecule has 86 valence electrons. The molecule has 0 aromatic heterocycles. The normalized spacial score (nSPS) is 26.1. The maximum atomic E-state index is 10.3. The molecule has 0 aromatic carbocycles. The lowest BCUT2D eigenvalue weighted by molar-refractivity contribution is -0.136. The highest BCUT2D eigenvalue weighted by atomic mass is 16.4. The van der Waals surface area contributed by atoms with Crippen molar-refractivity contribution in [3.8, 4) is 0 Å². The van der Waals surface area contributed by atoms with Crippen LogP contribution in [-0.4, -0.2) is 24.2 Å². The van der Waals surface area contributed by atoms with E-state index in [1.165, 1.54) is 12.0 Å². The summed E-state index contributed by atoms with van der Waals surface area (Å²) in [5.41, 5.74) is 1.47. The van der Waals surface area contributed by atoms with Crippen molar-refractivity contribution < 1.29 is 9.90 Å². The van der Waals surface area contributed by atoms with Gasteiger partial charge in [-0.15, -0.1) is 0 Å². The molecule has 0 saturated carbocycles. The molecule has 0 amide bonds. The Labute approximate surface area is 91.6 Å². The van der Waals surface area contributed by atoms with Crippen molar-refractivity contribution in [2.24, 2.45) is 11.8 Å². The third-order valence-corrected chi connectivity index (χ3v) is 2.83. The van der Waals surface area contributed by atoms with E-state index in [1.807, 2.05) is 0 Å². The fourth-order valence-electron chi connectivity index (χ4n) is 2.34. The Morgan fingerprint density at radius 3 is 3.00 bits per heavy atom. The summed E-state index contributed by atoms with van der Waals surface area (Å²) in [6.07, 6.45) is 4.94. The van der Waals surface area contributed by atoms with E-state index in [2.05, 4.69) is 25.2 Å². The zero-order chi connectivity index (χ0) is 11.3. The Balaban J connectivity index is 2.17. The van der Waals surface area contributed by atoms with Crippen LogP contribution in [0.1, 0.15) is 33.1 Å². The molecule has 0 aromatic rings. The molecule has 1 aliphatic carbocycles. The maximum absolute atomic E-state index is 10.3. The molecule has 3 nitrogen and oxygen atoms in total. The standard InChI is InChI=1S/C12H21NO2/c1-9-5-10(2)7-11(6-9)8-13-4-3-12(14)15/h5,9,11,13H,3-4,6-8H2,1-2H3,(H,14,15). The first-order valence-electron chi connectivity index (χ1n) is 5.67. The van der Waals surface area contributed by atoms with Gasteiger partial charge >= 0.3 is 5.97 Å². The number of hydrogen-bond acceptors (Lipinski definition) is 2. The number of carboxylic acid groups (broad SMARTS) is 1. The second-order valence-corrected chi connectivity index (χ2v) is 4.64. The van der Waals surface area contributed by atoms with Crippen LogP contribution in [0, 0.1) is 11.8 Å². The van der Waals surface area contributed by atoms with Crippen molar-refractivity contribution >= 4 is 5.97 Å². The van der Waals surface area contributed by atoms with E-state index >= 15 is 0 Å². The largest absolute Gasteiger partial charge is 0.481 e. The molecule has 0 bridgehead atoms. The van der Waals surface area contributed by atoms with Crippen LogP contribution < -0.4 is 5.32 Å². The Morgan fingerprint density at radius 1 is 1.67 bits per heavy atom. The van der Waals surface area contributed by atoms with E-state index in [9.17, 15) is 4.79 Å². The quantitative estimate of drug-likeness (QED) is 0.540. The first-order valence-corrected chi connectivity index (χ1v) is 5.67. The second kappa shape index (κ2) is 5.91. The molecule has 0 radical (unpaired) electrons. The summed E-state index contributed by atoms with van der Waals surface area (Å²) in [4.78, 5) is 10.3. The summed E-state index contributed by atoms with van der Waals surface area (Å²) >= 11 is 0. The van der Waals surface area contributed by atoms with Crippen molar-refractivity contribution in [2.45, 2.75) is 33.1 Å². The summed E-state index contributed by atoms with van der Waals surface area (Å²) in [6, 6.07) is 0. The minimum absolute atomic E-state index is 0.219. The number of carbonyl (C=O) groups is 1. The molecule has 2 atom stereocenters. The third kappa shape index (κ3) is 4.98. The SMILES string of the molecule is CC1=CC(C)CC(CNCCC(=O)O)C1. The minimum Gasteiger partial charge on any atom is -0.481 e. The number of aliphatic carboxylic acids is 1. The Kier molecular flexibility index (Phi) is 4.82. The molecule has 0 heterocycles. The summed E-state index contributed by atoms with van der Waals surface area (Å²) in [5.74, 6) is 0.624. The molecular formula is C12H21NO2. The van der Waals surface area contributed by atoms with Gasteiger partial charge in [-0.25, -0.2) is 0 Å². The van der Waals surface area contributed by atoms with Crippen molar-refractivity contribution in [3.63, 3.8) is 0 Å². The first kappa shape index (κ1) is 12.2. The van der Waals surface area contributed by atoms with Crippen LogP contribution >= 0.6 is 0 Å². The summed E-state index contributed by atoms with van der Waals surface area (Å²) in [5, 5.41) is 11.7. The van der Waals surface area contributed by atoms with E-state index in [0.29, 0.717) is 18.4 Å². The Bertz CT molecular complexity index is 248. The number of hydrogen-bond donors (Lipinski definition) is 2. The molecular weight excluding hydrogens is 190 g/mol. The van der Waals surface area contributed by atoms with Gasteiger partial charge in [0.05, 0.1) is 6.42 Å². The van der Waals surface area contributed by atoms with Gasteiger partial charge in [0, 0.05) is 6.54 Å². The molecule has 0 saturated heterocycles. The van der Waals surface area contributed by atoms with Gasteiger partial charge in [-0.2, -0.15) is 0 Å². The fourth-order valence-corrected chi connectivity index (χ4v) is 2.34. The van der Waals surface area contributed by atoms with E-state index in [-0.39, 0.29) is 6.42 Å². The van der Waals surface area contributed by atoms with Crippen molar-refractivity contribution in [1.82, 2.24) is 5.32 Å².